The summed E-state index contributed by atoms with van der Waals surface area (Å²) >= 11 is 0. The van der Waals surface area contributed by atoms with E-state index in [2.05, 4.69) is 15.7 Å². The van der Waals surface area contributed by atoms with E-state index < -0.39 is 17.6 Å². The summed E-state index contributed by atoms with van der Waals surface area (Å²) in [5, 5.41) is 5.04. The molecule has 1 saturated carbocycles. The van der Waals surface area contributed by atoms with Gasteiger partial charge < -0.3 is 10.1 Å². The molecular formula is C24H32N4O4. The lowest BCUT2D eigenvalue weighted by molar-refractivity contribution is -0.122. The highest BCUT2D eigenvalue weighted by Crippen LogP contribution is 2.17. The van der Waals surface area contributed by atoms with E-state index in [1.807, 2.05) is 24.3 Å². The number of aromatic nitrogens is 1. The Kier molecular flexibility index (Phi) is 7.66. The summed E-state index contributed by atoms with van der Waals surface area (Å²) in [5.74, 6) is -0.653. The Morgan fingerprint density at radius 2 is 1.78 bits per heavy atom. The molecule has 0 unspecified atom stereocenters. The molecule has 2 N–H and O–H groups in total. The molecule has 1 aliphatic carbocycles. The van der Waals surface area contributed by atoms with Crippen LogP contribution in [-0.4, -0.2) is 46.1 Å². The number of pyridine rings is 1. The van der Waals surface area contributed by atoms with Crippen LogP contribution in [0.2, 0.25) is 0 Å². The van der Waals surface area contributed by atoms with Gasteiger partial charge in [0.05, 0.1) is 12.1 Å². The molecule has 0 spiro atoms. The lowest BCUT2D eigenvalue weighted by Crippen LogP contribution is -2.49. The fourth-order valence-corrected chi connectivity index (χ4v) is 3.70. The first-order valence-corrected chi connectivity index (χ1v) is 11.2. The third-order valence-electron chi connectivity index (χ3n) is 5.22. The number of hydrogen-bond donors (Lipinski definition) is 2. The van der Waals surface area contributed by atoms with E-state index in [1.54, 1.807) is 32.9 Å². The average molecular weight is 441 g/mol. The van der Waals surface area contributed by atoms with Crippen LogP contribution in [0.4, 0.5) is 4.79 Å². The summed E-state index contributed by atoms with van der Waals surface area (Å²) in [5.41, 5.74) is 2.60. The second-order valence-corrected chi connectivity index (χ2v) is 9.11. The molecule has 0 bridgehead atoms. The predicted molar refractivity (Wildman–Crippen MR) is 122 cm³/mol. The molecular weight excluding hydrogens is 408 g/mol. The summed E-state index contributed by atoms with van der Waals surface area (Å²) in [6.07, 6.45) is 4.68. The zero-order chi connectivity index (χ0) is 23.1. The van der Waals surface area contributed by atoms with Crippen molar-refractivity contribution in [1.29, 1.82) is 0 Å². The van der Waals surface area contributed by atoms with E-state index in [0.717, 1.165) is 36.1 Å². The normalized spacial score (nSPS) is 14.6. The molecule has 1 aromatic heterocycles. The quantitative estimate of drug-likeness (QED) is 0.686. The molecule has 0 atom stereocenters. The number of rotatable bonds is 5. The monoisotopic (exact) mass is 440 g/mol. The molecule has 0 aliphatic heterocycles. The van der Waals surface area contributed by atoms with Crippen LogP contribution in [0.25, 0.3) is 10.9 Å². The third kappa shape index (κ3) is 6.93. The summed E-state index contributed by atoms with van der Waals surface area (Å²) in [6.45, 7) is 5.22. The van der Waals surface area contributed by atoms with E-state index in [1.165, 1.54) is 6.42 Å². The van der Waals surface area contributed by atoms with Gasteiger partial charge in [-0.3, -0.25) is 9.59 Å². The molecule has 1 heterocycles. The lowest BCUT2D eigenvalue weighted by atomic mass is 9.95. The van der Waals surface area contributed by atoms with Gasteiger partial charge in [0, 0.05) is 17.8 Å². The number of para-hydroxylation sites is 1. The van der Waals surface area contributed by atoms with Crippen LogP contribution in [0.1, 0.15) is 69.8 Å². The van der Waals surface area contributed by atoms with Crippen LogP contribution < -0.4 is 10.7 Å². The molecule has 1 aliphatic rings. The smallest absolute Gasteiger partial charge is 0.426 e. The van der Waals surface area contributed by atoms with E-state index in [0.29, 0.717) is 5.52 Å². The van der Waals surface area contributed by atoms with Crippen molar-refractivity contribution in [3.8, 4) is 0 Å². The Balaban J connectivity index is 1.70. The number of hydrazine groups is 1. The van der Waals surface area contributed by atoms with Crippen molar-refractivity contribution in [2.45, 2.75) is 70.9 Å². The molecule has 172 valence electrons. The minimum Gasteiger partial charge on any atom is -0.443 e. The lowest BCUT2D eigenvalue weighted by Gasteiger charge is -2.27. The first kappa shape index (κ1) is 23.5. The molecule has 32 heavy (non-hydrogen) atoms. The van der Waals surface area contributed by atoms with Gasteiger partial charge in [-0.25, -0.2) is 20.2 Å². The van der Waals surface area contributed by atoms with Crippen LogP contribution in [0.5, 0.6) is 0 Å². The third-order valence-corrected chi connectivity index (χ3v) is 5.22. The number of fused-ring (bicyclic) bond motifs is 1. The highest BCUT2D eigenvalue weighted by molar-refractivity contribution is 5.95. The van der Waals surface area contributed by atoms with E-state index in [4.69, 9.17) is 4.74 Å². The van der Waals surface area contributed by atoms with Crippen molar-refractivity contribution in [2.24, 2.45) is 0 Å². The van der Waals surface area contributed by atoms with Crippen LogP contribution in [0.15, 0.2) is 36.4 Å². The van der Waals surface area contributed by atoms with Crippen molar-refractivity contribution >= 4 is 28.8 Å². The topological polar surface area (TPSA) is 101 Å². The zero-order valence-corrected chi connectivity index (χ0v) is 19.0. The highest BCUT2D eigenvalue weighted by atomic mass is 16.6. The number of carbonyl (C=O) groups excluding carboxylic acids is 3. The van der Waals surface area contributed by atoms with Gasteiger partial charge in [-0.2, -0.15) is 0 Å². The van der Waals surface area contributed by atoms with E-state index in [-0.39, 0.29) is 30.6 Å². The van der Waals surface area contributed by atoms with Crippen LogP contribution in [0.3, 0.4) is 0 Å². The Morgan fingerprint density at radius 3 is 2.50 bits per heavy atom. The van der Waals surface area contributed by atoms with E-state index >= 15 is 0 Å². The fourth-order valence-electron chi connectivity index (χ4n) is 3.70. The van der Waals surface area contributed by atoms with Crippen molar-refractivity contribution < 1.29 is 19.1 Å². The van der Waals surface area contributed by atoms with Crippen molar-refractivity contribution in [3.63, 3.8) is 0 Å². The maximum Gasteiger partial charge on any atom is 0.426 e. The first-order chi connectivity index (χ1) is 15.2. The first-order valence-electron chi connectivity index (χ1n) is 11.2. The number of amides is 3. The molecule has 3 amide bonds. The number of nitrogens with one attached hydrogen (secondary N) is 2. The van der Waals surface area contributed by atoms with Crippen LogP contribution in [-0.2, 0) is 9.53 Å². The van der Waals surface area contributed by atoms with Crippen molar-refractivity contribution in [1.82, 2.24) is 20.7 Å². The Labute approximate surface area is 188 Å². The molecule has 8 heteroatoms. The summed E-state index contributed by atoms with van der Waals surface area (Å²) < 4.78 is 5.29. The van der Waals surface area contributed by atoms with Crippen LogP contribution >= 0.6 is 0 Å². The number of nitrogens with zero attached hydrogens (tertiary/aromatic N) is 2. The molecule has 0 radical (unpaired) electrons. The van der Waals surface area contributed by atoms with Gasteiger partial charge in [0.25, 0.3) is 5.91 Å². The van der Waals surface area contributed by atoms with Crippen LogP contribution in [0, 0.1) is 0 Å². The highest BCUT2D eigenvalue weighted by Gasteiger charge is 2.24. The maximum absolute atomic E-state index is 13.2. The van der Waals surface area contributed by atoms with Crippen molar-refractivity contribution in [2.75, 3.05) is 6.54 Å². The maximum atomic E-state index is 13.2. The molecule has 3 rings (SSSR count). The second kappa shape index (κ2) is 10.4. The Bertz CT molecular complexity index is 964. The summed E-state index contributed by atoms with van der Waals surface area (Å²) in [7, 11) is 0. The standard InChI is InChI=1S/C24H32N4O4/c1-24(2,3)32-23(31)27-28(16-15-21(29)25-18-10-5-4-6-11-18)22(30)20-14-13-17-9-7-8-12-19(17)26-20/h7-9,12-14,18H,4-6,10-11,15-16H2,1-3H3,(H,25,29)(H,27,31). The van der Waals surface area contributed by atoms with Gasteiger partial charge >= 0.3 is 6.09 Å². The Morgan fingerprint density at radius 1 is 1.06 bits per heavy atom. The van der Waals surface area contributed by atoms with Gasteiger partial charge in [0.2, 0.25) is 5.91 Å². The minimum absolute atomic E-state index is 0.00510. The summed E-state index contributed by atoms with van der Waals surface area (Å²) in [6, 6.07) is 11.1. The summed E-state index contributed by atoms with van der Waals surface area (Å²) in [4.78, 5) is 42.4. The number of ether oxygens (including phenoxy) is 1. The molecule has 1 fully saturated rings. The van der Waals surface area contributed by atoms with Gasteiger partial charge in [-0.1, -0.05) is 43.5 Å². The Hall–Kier alpha value is -3.16. The predicted octanol–water partition coefficient (Wildman–Crippen LogP) is 3.96. The molecule has 0 saturated heterocycles. The minimum atomic E-state index is -0.765. The number of carbonyl (C=O) groups is 3. The van der Waals surface area contributed by atoms with Gasteiger partial charge in [-0.15, -0.1) is 0 Å². The largest absolute Gasteiger partial charge is 0.443 e. The van der Waals surface area contributed by atoms with E-state index in [9.17, 15) is 14.4 Å². The van der Waals surface area contributed by atoms with Gasteiger partial charge in [0.1, 0.15) is 11.3 Å². The average Bonchev–Trinajstić information content (AvgIpc) is 2.75. The fraction of sp³-hybridized carbons (Fsp3) is 0.500. The molecule has 2 aromatic rings. The van der Waals surface area contributed by atoms with Gasteiger partial charge in [-0.05, 0) is 45.7 Å². The number of benzene rings is 1. The zero-order valence-electron chi connectivity index (χ0n) is 19.0. The molecule has 1 aromatic carbocycles. The van der Waals surface area contributed by atoms with Gasteiger partial charge in [0.15, 0.2) is 0 Å². The number of hydrogen-bond acceptors (Lipinski definition) is 5. The van der Waals surface area contributed by atoms with Crippen molar-refractivity contribution in [3.05, 3.63) is 42.1 Å². The second-order valence-electron chi connectivity index (χ2n) is 9.11. The molecule has 8 nitrogen and oxygen atoms in total. The SMILES string of the molecule is CC(C)(C)OC(=O)NN(CCC(=O)NC1CCCCC1)C(=O)c1ccc2ccccc2n1.